The smallest absolute Gasteiger partial charge is 0.298 e. The van der Waals surface area contributed by atoms with E-state index in [2.05, 4.69) is 5.32 Å². The summed E-state index contributed by atoms with van der Waals surface area (Å²) < 4.78 is 30.6. The van der Waals surface area contributed by atoms with E-state index in [4.69, 9.17) is 0 Å². The Morgan fingerprint density at radius 1 is 0.972 bits per heavy atom. The molecule has 2 aromatic rings. The normalized spacial score (nSPS) is 20.7. The van der Waals surface area contributed by atoms with Gasteiger partial charge in [-0.3, -0.25) is 9.59 Å². The van der Waals surface area contributed by atoms with Crippen LogP contribution in [0.3, 0.4) is 0 Å². The van der Waals surface area contributed by atoms with Gasteiger partial charge in [0.1, 0.15) is 6.04 Å². The van der Waals surface area contributed by atoms with Gasteiger partial charge in [-0.1, -0.05) is 81.6 Å². The van der Waals surface area contributed by atoms with Gasteiger partial charge in [0, 0.05) is 23.6 Å². The van der Waals surface area contributed by atoms with Crippen molar-refractivity contribution in [2.45, 2.75) is 83.2 Å². The van der Waals surface area contributed by atoms with Gasteiger partial charge in [0.15, 0.2) is 0 Å². The van der Waals surface area contributed by atoms with Crippen LogP contribution in [-0.2, 0) is 15.5 Å². The number of amides is 2. The minimum Gasteiger partial charge on any atom is -0.344 e. The average molecular weight is 497 g/mol. The number of hydrogen-bond acceptors (Lipinski definition) is 2. The lowest BCUT2D eigenvalue weighted by Gasteiger charge is -2.35. The van der Waals surface area contributed by atoms with Crippen molar-refractivity contribution in [1.29, 1.82) is 0 Å². The zero-order valence-corrected chi connectivity index (χ0v) is 21.4. The second kappa shape index (κ2) is 11.5. The number of nitrogens with zero attached hydrogens (tertiary/aromatic N) is 1. The van der Waals surface area contributed by atoms with Gasteiger partial charge in [0.25, 0.3) is 5.92 Å². The van der Waals surface area contributed by atoms with Crippen LogP contribution >= 0.6 is 0 Å². The summed E-state index contributed by atoms with van der Waals surface area (Å²) in [7, 11) is 0. The maximum atomic E-state index is 15.3. The number of carbonyl (C=O) groups is 2. The molecule has 2 amide bonds. The van der Waals surface area contributed by atoms with Gasteiger partial charge in [-0.15, -0.1) is 0 Å². The first kappa shape index (κ1) is 26.3. The Balaban J connectivity index is 1.59. The first-order chi connectivity index (χ1) is 17.3. The van der Waals surface area contributed by atoms with E-state index in [-0.39, 0.29) is 40.8 Å². The number of likely N-dealkylation sites (tertiary alicyclic amines) is 1. The fraction of sp³-hybridized carbons (Fsp3) is 0.533. The van der Waals surface area contributed by atoms with Crippen molar-refractivity contribution in [1.82, 2.24) is 10.2 Å². The van der Waals surface area contributed by atoms with Gasteiger partial charge in [-0.25, -0.2) is 0 Å². The average Bonchev–Trinajstić information content (AvgIpc) is 3.42. The van der Waals surface area contributed by atoms with Crippen molar-refractivity contribution in [3.8, 4) is 0 Å². The highest BCUT2D eigenvalue weighted by Gasteiger charge is 2.40. The second-order valence-corrected chi connectivity index (χ2v) is 10.4. The maximum absolute atomic E-state index is 15.3. The third-order valence-corrected chi connectivity index (χ3v) is 8.05. The fourth-order valence-electron chi connectivity index (χ4n) is 5.64. The van der Waals surface area contributed by atoms with Crippen molar-refractivity contribution in [2.24, 2.45) is 11.8 Å². The summed E-state index contributed by atoms with van der Waals surface area (Å²) in [5, 5.41) is 3.09. The van der Waals surface area contributed by atoms with Crippen molar-refractivity contribution in [3.05, 3.63) is 71.3 Å². The standard InChI is InChI=1S/C30H38F2N2O2/c1-3-21(2)28(35)33-27(22-12-6-4-7-13-22)29(36)34-19-11-18-26(34)23-14-10-17-25(20-23)30(31,32)24-15-8-5-9-16-24/h5,8-10,14-17,20-22,26-27H,3-4,6-7,11-13,18-19H2,1-2H3,(H,33,35)/t21-,26+,27+/m1/s1. The Morgan fingerprint density at radius 2 is 1.67 bits per heavy atom. The molecule has 0 spiro atoms. The lowest BCUT2D eigenvalue weighted by Crippen LogP contribution is -2.53. The van der Waals surface area contributed by atoms with E-state index >= 15 is 8.78 Å². The van der Waals surface area contributed by atoms with Gasteiger partial charge >= 0.3 is 0 Å². The zero-order valence-electron chi connectivity index (χ0n) is 21.4. The van der Waals surface area contributed by atoms with Crippen LogP contribution in [0, 0.1) is 11.8 Å². The molecule has 4 nitrogen and oxygen atoms in total. The summed E-state index contributed by atoms with van der Waals surface area (Å²) in [4.78, 5) is 28.6. The summed E-state index contributed by atoms with van der Waals surface area (Å²) in [6.45, 7) is 4.43. The van der Waals surface area contributed by atoms with E-state index < -0.39 is 12.0 Å². The number of halogens is 2. The summed E-state index contributed by atoms with van der Waals surface area (Å²) in [5.74, 6) is -3.31. The van der Waals surface area contributed by atoms with Gasteiger partial charge < -0.3 is 10.2 Å². The van der Waals surface area contributed by atoms with Gasteiger partial charge in [-0.05, 0) is 49.7 Å². The van der Waals surface area contributed by atoms with Crippen molar-refractivity contribution >= 4 is 11.8 Å². The third-order valence-electron chi connectivity index (χ3n) is 8.05. The molecule has 1 saturated heterocycles. The SMILES string of the molecule is CC[C@@H](C)C(=O)N[C@H](C(=O)N1CCC[C@H]1c1cccc(C(F)(F)c2ccccc2)c1)C1CCCCC1. The molecule has 2 aromatic carbocycles. The van der Waals surface area contributed by atoms with Crippen LogP contribution in [0.4, 0.5) is 8.78 Å². The van der Waals surface area contributed by atoms with E-state index in [0.717, 1.165) is 50.5 Å². The predicted molar refractivity (Wildman–Crippen MR) is 138 cm³/mol. The number of rotatable bonds is 8. The maximum Gasteiger partial charge on any atom is 0.298 e. The summed E-state index contributed by atoms with van der Waals surface area (Å²) in [5.41, 5.74) is 0.607. The molecule has 0 aromatic heterocycles. The molecule has 3 atom stereocenters. The number of alkyl halides is 2. The second-order valence-electron chi connectivity index (χ2n) is 10.4. The number of nitrogens with one attached hydrogen (secondary N) is 1. The minimum absolute atomic E-state index is 0.0494. The van der Waals surface area contributed by atoms with E-state index in [0.29, 0.717) is 13.0 Å². The molecule has 1 aliphatic carbocycles. The Labute approximate surface area is 213 Å². The Hall–Kier alpha value is -2.76. The molecular formula is C30H38F2N2O2. The van der Waals surface area contributed by atoms with Crippen LogP contribution < -0.4 is 5.32 Å². The van der Waals surface area contributed by atoms with Crippen LogP contribution in [0.25, 0.3) is 0 Å². The third kappa shape index (κ3) is 5.63. The summed E-state index contributed by atoms with van der Waals surface area (Å²) in [6, 6.07) is 13.5. The number of benzene rings is 2. The first-order valence-electron chi connectivity index (χ1n) is 13.5. The highest BCUT2D eigenvalue weighted by Crippen LogP contribution is 2.39. The molecule has 194 valence electrons. The molecule has 0 bridgehead atoms. The highest BCUT2D eigenvalue weighted by molar-refractivity contribution is 5.89. The monoisotopic (exact) mass is 496 g/mol. The van der Waals surface area contributed by atoms with Crippen molar-refractivity contribution in [2.75, 3.05) is 6.54 Å². The van der Waals surface area contributed by atoms with E-state index in [9.17, 15) is 9.59 Å². The Kier molecular flexibility index (Phi) is 8.43. The van der Waals surface area contributed by atoms with Crippen molar-refractivity contribution < 1.29 is 18.4 Å². The molecule has 2 aliphatic rings. The van der Waals surface area contributed by atoms with Gasteiger partial charge in [0.2, 0.25) is 11.8 Å². The molecule has 0 unspecified atom stereocenters. The van der Waals surface area contributed by atoms with Gasteiger partial charge in [0.05, 0.1) is 6.04 Å². The Bertz CT molecular complexity index is 1040. The van der Waals surface area contributed by atoms with Gasteiger partial charge in [-0.2, -0.15) is 8.78 Å². The van der Waals surface area contributed by atoms with E-state index in [1.54, 1.807) is 30.3 Å². The molecular weight excluding hydrogens is 458 g/mol. The minimum atomic E-state index is -3.13. The van der Waals surface area contributed by atoms with E-state index in [1.807, 2.05) is 24.8 Å². The molecule has 0 radical (unpaired) electrons. The van der Waals surface area contributed by atoms with Crippen LogP contribution in [0.5, 0.6) is 0 Å². The topological polar surface area (TPSA) is 49.4 Å². The Morgan fingerprint density at radius 3 is 2.36 bits per heavy atom. The molecule has 1 heterocycles. The van der Waals surface area contributed by atoms with Crippen LogP contribution in [0.1, 0.15) is 87.9 Å². The van der Waals surface area contributed by atoms with Crippen LogP contribution in [0.2, 0.25) is 0 Å². The molecule has 2 fully saturated rings. The highest BCUT2D eigenvalue weighted by atomic mass is 19.3. The first-order valence-corrected chi connectivity index (χ1v) is 13.5. The molecule has 36 heavy (non-hydrogen) atoms. The quantitative estimate of drug-likeness (QED) is 0.448. The largest absolute Gasteiger partial charge is 0.344 e. The predicted octanol–water partition coefficient (Wildman–Crippen LogP) is 6.60. The van der Waals surface area contributed by atoms with Crippen molar-refractivity contribution in [3.63, 3.8) is 0 Å². The molecule has 1 N–H and O–H groups in total. The molecule has 1 aliphatic heterocycles. The summed E-state index contributed by atoms with van der Waals surface area (Å²) >= 11 is 0. The lowest BCUT2D eigenvalue weighted by atomic mass is 9.83. The van der Waals surface area contributed by atoms with E-state index in [1.165, 1.54) is 18.2 Å². The number of hydrogen-bond donors (Lipinski definition) is 1. The number of carbonyl (C=O) groups excluding carboxylic acids is 2. The summed E-state index contributed by atoms with van der Waals surface area (Å²) in [6.07, 6.45) is 7.39. The molecule has 6 heteroatoms. The fourth-order valence-corrected chi connectivity index (χ4v) is 5.64. The lowest BCUT2D eigenvalue weighted by molar-refractivity contribution is -0.140. The van der Waals surface area contributed by atoms with Crippen LogP contribution in [-0.4, -0.2) is 29.3 Å². The molecule has 1 saturated carbocycles. The van der Waals surface area contributed by atoms with Crippen LogP contribution in [0.15, 0.2) is 54.6 Å². The molecule has 4 rings (SSSR count). The zero-order chi connectivity index (χ0) is 25.7.